The molecule has 0 spiro atoms. The molecule has 1 aliphatic rings. The molecule has 0 atom stereocenters. The third-order valence-corrected chi connectivity index (χ3v) is 3.74. The van der Waals surface area contributed by atoms with Crippen LogP contribution in [0.4, 0.5) is 29.2 Å². The minimum atomic E-state index is -4.48. The van der Waals surface area contributed by atoms with E-state index in [0.717, 1.165) is 25.1 Å². The number of anilines is 2. The lowest BCUT2D eigenvalue weighted by molar-refractivity contribution is -0.141. The van der Waals surface area contributed by atoms with Crippen molar-refractivity contribution in [2.45, 2.75) is 31.6 Å². The molecule has 1 N–H and O–H groups in total. The van der Waals surface area contributed by atoms with E-state index >= 15 is 0 Å². The summed E-state index contributed by atoms with van der Waals surface area (Å²) in [4.78, 5) is 13.0. The van der Waals surface area contributed by atoms with Crippen molar-refractivity contribution in [2.75, 3.05) is 17.3 Å². The Morgan fingerprint density at radius 2 is 1.96 bits per heavy atom. The number of nitrogens with zero attached hydrogens (tertiary/aromatic N) is 4. The zero-order valence-corrected chi connectivity index (χ0v) is 12.8. The number of aromatic nitrogens is 3. The molecule has 2 heterocycles. The van der Waals surface area contributed by atoms with Crippen LogP contribution < -0.4 is 10.2 Å². The smallest absolute Gasteiger partial charge is 0.371 e. The van der Waals surface area contributed by atoms with E-state index in [-0.39, 0.29) is 24.2 Å². The van der Waals surface area contributed by atoms with E-state index in [2.05, 4.69) is 20.3 Å². The van der Waals surface area contributed by atoms with Gasteiger partial charge in [-0.2, -0.15) is 17.6 Å². The third-order valence-electron chi connectivity index (χ3n) is 3.74. The first-order valence-corrected chi connectivity index (χ1v) is 7.37. The number of pyridine rings is 1. The van der Waals surface area contributed by atoms with Crippen molar-refractivity contribution < 1.29 is 17.6 Å². The Morgan fingerprint density at radius 3 is 2.50 bits per heavy atom. The first-order valence-electron chi connectivity index (χ1n) is 7.37. The zero-order valence-electron chi connectivity index (χ0n) is 12.8. The maximum Gasteiger partial charge on any atom is 0.433 e. The Kier molecular flexibility index (Phi) is 4.25. The van der Waals surface area contributed by atoms with Crippen LogP contribution in [0.5, 0.6) is 0 Å². The molecule has 2 aromatic rings. The number of alkyl halides is 3. The van der Waals surface area contributed by atoms with E-state index in [1.165, 1.54) is 12.4 Å². The molecule has 0 aromatic carbocycles. The molecule has 3 rings (SSSR count). The maximum atomic E-state index is 14.4. The van der Waals surface area contributed by atoms with E-state index in [1.54, 1.807) is 11.9 Å². The van der Waals surface area contributed by atoms with Crippen molar-refractivity contribution in [1.82, 2.24) is 15.0 Å². The Morgan fingerprint density at radius 1 is 1.21 bits per heavy atom. The number of nitrogens with one attached hydrogen (secondary N) is 1. The second kappa shape index (κ2) is 6.21. The Hall–Kier alpha value is -2.45. The van der Waals surface area contributed by atoms with Gasteiger partial charge in [0, 0.05) is 25.8 Å². The van der Waals surface area contributed by atoms with Crippen molar-refractivity contribution in [1.29, 1.82) is 0 Å². The quantitative estimate of drug-likeness (QED) is 0.846. The van der Waals surface area contributed by atoms with Gasteiger partial charge in [-0.3, -0.25) is 4.98 Å². The maximum absolute atomic E-state index is 14.4. The van der Waals surface area contributed by atoms with Crippen molar-refractivity contribution in [3.8, 4) is 0 Å². The van der Waals surface area contributed by atoms with Crippen molar-refractivity contribution in [2.24, 2.45) is 0 Å². The van der Waals surface area contributed by atoms with Gasteiger partial charge in [0.25, 0.3) is 0 Å². The van der Waals surface area contributed by atoms with Gasteiger partial charge in [0.1, 0.15) is 12.0 Å². The summed E-state index contributed by atoms with van der Waals surface area (Å²) in [6, 6.07) is 2.39. The van der Waals surface area contributed by atoms with Crippen molar-refractivity contribution >= 4 is 11.6 Å². The molecule has 0 amide bonds. The second-order valence-electron chi connectivity index (χ2n) is 5.52. The molecular weight excluding hydrogens is 326 g/mol. The van der Waals surface area contributed by atoms with Crippen LogP contribution in [0.2, 0.25) is 0 Å². The number of hydrogen-bond acceptors (Lipinski definition) is 5. The lowest BCUT2D eigenvalue weighted by atomic mass is 10.2. The van der Waals surface area contributed by atoms with Crippen LogP contribution in [0.25, 0.3) is 0 Å². The first kappa shape index (κ1) is 16.4. The largest absolute Gasteiger partial charge is 0.433 e. The van der Waals surface area contributed by atoms with Crippen LogP contribution in [-0.4, -0.2) is 28.0 Å². The van der Waals surface area contributed by atoms with Crippen molar-refractivity contribution in [3.05, 3.63) is 41.7 Å². The molecule has 0 aliphatic heterocycles. The summed E-state index contributed by atoms with van der Waals surface area (Å²) in [5.41, 5.74) is -0.395. The Bertz CT molecular complexity index is 713. The van der Waals surface area contributed by atoms with E-state index < -0.39 is 17.7 Å². The predicted molar refractivity (Wildman–Crippen MR) is 80.0 cm³/mol. The summed E-state index contributed by atoms with van der Waals surface area (Å²) in [5, 5.41) is 2.65. The second-order valence-corrected chi connectivity index (χ2v) is 5.52. The van der Waals surface area contributed by atoms with Crippen LogP contribution in [-0.2, 0) is 12.7 Å². The zero-order chi connectivity index (χ0) is 17.3. The lowest BCUT2D eigenvalue weighted by Crippen LogP contribution is -2.27. The first-order chi connectivity index (χ1) is 11.4. The van der Waals surface area contributed by atoms with Crippen LogP contribution in [0, 0.1) is 5.82 Å². The number of halogens is 4. The molecule has 128 valence electrons. The molecule has 5 nitrogen and oxygen atoms in total. The molecule has 2 aromatic heterocycles. The fourth-order valence-corrected chi connectivity index (χ4v) is 2.38. The van der Waals surface area contributed by atoms with Crippen LogP contribution >= 0.6 is 0 Å². The van der Waals surface area contributed by atoms with Gasteiger partial charge in [-0.15, -0.1) is 0 Å². The van der Waals surface area contributed by atoms with Crippen LogP contribution in [0.3, 0.4) is 0 Å². The van der Waals surface area contributed by atoms with Gasteiger partial charge >= 0.3 is 6.18 Å². The van der Waals surface area contributed by atoms with Gasteiger partial charge in [0.15, 0.2) is 11.6 Å². The molecule has 1 fully saturated rings. The highest BCUT2D eigenvalue weighted by atomic mass is 19.4. The predicted octanol–water partition coefficient (Wildman–Crippen LogP) is 3.24. The molecule has 0 bridgehead atoms. The molecule has 0 unspecified atom stereocenters. The van der Waals surface area contributed by atoms with Gasteiger partial charge in [0.05, 0.1) is 0 Å². The van der Waals surface area contributed by atoms with Gasteiger partial charge in [-0.1, -0.05) is 6.07 Å². The Labute approximate surface area is 135 Å². The minimum absolute atomic E-state index is 0.0798. The fraction of sp³-hybridized carbons (Fsp3) is 0.400. The minimum Gasteiger partial charge on any atom is -0.371 e. The average Bonchev–Trinajstić information content (AvgIpc) is 3.38. The number of hydrogen-bond donors (Lipinski definition) is 1. The van der Waals surface area contributed by atoms with Crippen LogP contribution in [0.1, 0.15) is 24.1 Å². The van der Waals surface area contributed by atoms with Crippen LogP contribution in [0.15, 0.2) is 24.7 Å². The van der Waals surface area contributed by atoms with E-state index in [4.69, 9.17) is 0 Å². The molecule has 1 aliphatic carbocycles. The summed E-state index contributed by atoms with van der Waals surface area (Å²) >= 11 is 0. The van der Waals surface area contributed by atoms with Gasteiger partial charge in [-0.05, 0) is 24.5 Å². The summed E-state index contributed by atoms with van der Waals surface area (Å²) in [6.45, 7) is 0.229. The van der Waals surface area contributed by atoms with E-state index in [1.807, 2.05) is 0 Å². The molecule has 24 heavy (non-hydrogen) atoms. The highest BCUT2D eigenvalue weighted by Gasteiger charge is 2.34. The van der Waals surface area contributed by atoms with E-state index in [0.29, 0.717) is 5.56 Å². The van der Waals surface area contributed by atoms with Crippen molar-refractivity contribution in [3.63, 3.8) is 0 Å². The topological polar surface area (TPSA) is 53.9 Å². The molecule has 0 radical (unpaired) electrons. The van der Waals surface area contributed by atoms with Gasteiger partial charge < -0.3 is 10.2 Å². The van der Waals surface area contributed by atoms with E-state index in [9.17, 15) is 17.6 Å². The normalized spacial score (nSPS) is 14.5. The highest BCUT2D eigenvalue weighted by Crippen LogP contribution is 2.34. The molecule has 0 saturated heterocycles. The van der Waals surface area contributed by atoms with Gasteiger partial charge in [-0.25, -0.2) is 9.97 Å². The molecular formula is C15H15F4N5. The number of rotatable bonds is 5. The summed E-state index contributed by atoms with van der Waals surface area (Å²) in [5.74, 6) is -0.361. The highest BCUT2D eigenvalue weighted by molar-refractivity contribution is 5.52. The molecule has 9 heteroatoms. The molecule has 1 saturated carbocycles. The third kappa shape index (κ3) is 3.39. The SMILES string of the molecule is CNc1ncnc(N(Cc2ccc(C(F)(F)F)nc2)C2CC2)c1F. The summed E-state index contributed by atoms with van der Waals surface area (Å²) in [7, 11) is 1.55. The monoisotopic (exact) mass is 341 g/mol. The summed E-state index contributed by atoms with van der Waals surface area (Å²) in [6.07, 6.45) is -0.297. The Balaban J connectivity index is 1.85. The standard InChI is InChI=1S/C15H15F4N5/c1-20-13-12(16)14(23-8-22-13)24(10-3-4-10)7-9-2-5-11(21-6-9)15(17,18)19/h2,5-6,8,10H,3-4,7H2,1H3,(H,20,22,23). The fourth-order valence-electron chi connectivity index (χ4n) is 2.38. The lowest BCUT2D eigenvalue weighted by Gasteiger charge is -2.24. The van der Waals surface area contributed by atoms with Gasteiger partial charge in [0.2, 0.25) is 5.82 Å². The average molecular weight is 341 g/mol. The summed E-state index contributed by atoms with van der Waals surface area (Å²) < 4.78 is 52.2.